The number of H-pyrrole nitrogens is 1. The molecule has 1 aromatic rings. The molecule has 0 unspecified atom stereocenters. The number of ether oxygens (including phenoxy) is 5. The first-order chi connectivity index (χ1) is 18.1. The molecule has 1 aromatic heterocycles. The Morgan fingerprint density at radius 3 is 1.95 bits per heavy atom. The van der Waals surface area contributed by atoms with Crippen LogP contribution in [0.1, 0.15) is 37.8 Å². The number of phosphoric ester groups is 1. The van der Waals surface area contributed by atoms with Crippen molar-refractivity contribution in [2.24, 2.45) is 0 Å². The van der Waals surface area contributed by atoms with Gasteiger partial charge in [-0.05, 0) is 12.8 Å². The highest BCUT2D eigenvalue weighted by molar-refractivity contribution is 7.48. The molecule has 0 saturated carbocycles. The zero-order valence-electron chi connectivity index (χ0n) is 22.0. The van der Waals surface area contributed by atoms with E-state index in [4.69, 9.17) is 37.3 Å². The Kier molecular flexibility index (Phi) is 21.4. The largest absolute Gasteiger partial charge is 0.474 e. The third-order valence-corrected chi connectivity index (χ3v) is 6.16. The van der Waals surface area contributed by atoms with Gasteiger partial charge < -0.3 is 29.0 Å². The SMILES string of the molecule is COP(=O)(OC)OCCCCCCNC(=O)CCOCCOCCOCCOCCOCc1cn[nH]n1. The monoisotopic (exact) mass is 554 g/mol. The Balaban J connectivity index is 1.73. The van der Waals surface area contributed by atoms with Gasteiger partial charge in [0.2, 0.25) is 5.91 Å². The average Bonchev–Trinajstić information content (AvgIpc) is 3.43. The summed E-state index contributed by atoms with van der Waals surface area (Å²) in [5, 5.41) is 13.0. The number of hydrogen-bond acceptors (Lipinski definition) is 12. The fourth-order valence-electron chi connectivity index (χ4n) is 2.77. The van der Waals surface area contributed by atoms with Crippen LogP contribution in [0.3, 0.4) is 0 Å². The van der Waals surface area contributed by atoms with Crippen LogP contribution in [0.15, 0.2) is 6.20 Å². The molecular weight excluding hydrogens is 511 g/mol. The maximum atomic E-state index is 11.8. The minimum Gasteiger partial charge on any atom is -0.379 e. The second-order valence-electron chi connectivity index (χ2n) is 7.62. The minimum absolute atomic E-state index is 0.0393. The van der Waals surface area contributed by atoms with Gasteiger partial charge in [0.05, 0.1) is 78.9 Å². The number of phosphoric acid groups is 1. The Labute approximate surface area is 218 Å². The van der Waals surface area contributed by atoms with Crippen LogP contribution in [0, 0.1) is 0 Å². The molecule has 0 fully saturated rings. The predicted octanol–water partition coefficient (Wildman–Crippen LogP) is 1.87. The molecule has 1 heterocycles. The van der Waals surface area contributed by atoms with Crippen molar-refractivity contribution in [1.29, 1.82) is 0 Å². The summed E-state index contributed by atoms with van der Waals surface area (Å²) in [6.07, 6.45) is 5.35. The molecule has 0 aromatic carbocycles. The average molecular weight is 555 g/mol. The lowest BCUT2D eigenvalue weighted by Gasteiger charge is -2.12. The smallest absolute Gasteiger partial charge is 0.379 e. The number of carbonyl (C=O) groups excluding carboxylic acids is 1. The van der Waals surface area contributed by atoms with E-state index in [0.29, 0.717) is 85.6 Å². The standard InChI is InChI=1S/C22H43N4O10P/c1-29-37(28,30-2)36-9-6-4-3-5-8-23-22(27)7-10-31-11-12-32-13-14-33-15-16-34-17-18-35-20-21-19-24-26-25-21/h19H,3-18,20H2,1-2H3,(H,23,27)(H,24,25,26). The van der Waals surface area contributed by atoms with Crippen LogP contribution in [-0.4, -0.2) is 108 Å². The van der Waals surface area contributed by atoms with Gasteiger partial charge >= 0.3 is 7.82 Å². The van der Waals surface area contributed by atoms with E-state index >= 15 is 0 Å². The summed E-state index contributed by atoms with van der Waals surface area (Å²) in [5.41, 5.74) is 0.753. The molecule has 0 atom stereocenters. The van der Waals surface area contributed by atoms with Gasteiger partial charge in [0.1, 0.15) is 5.69 Å². The summed E-state index contributed by atoms with van der Waals surface area (Å²) in [6, 6.07) is 0. The van der Waals surface area contributed by atoms with E-state index in [2.05, 4.69) is 20.7 Å². The summed E-state index contributed by atoms with van der Waals surface area (Å²) in [6.45, 7) is 5.41. The lowest BCUT2D eigenvalue weighted by atomic mass is 10.2. The van der Waals surface area contributed by atoms with Crippen molar-refractivity contribution in [2.45, 2.75) is 38.7 Å². The van der Waals surface area contributed by atoms with E-state index < -0.39 is 7.82 Å². The molecule has 1 amide bonds. The van der Waals surface area contributed by atoms with Crippen LogP contribution in [0.4, 0.5) is 0 Å². The van der Waals surface area contributed by atoms with Crippen molar-refractivity contribution in [3.05, 3.63) is 11.9 Å². The molecule has 0 aliphatic heterocycles. The van der Waals surface area contributed by atoms with Crippen LogP contribution in [0.5, 0.6) is 0 Å². The number of rotatable bonds is 27. The van der Waals surface area contributed by atoms with E-state index in [0.717, 1.165) is 31.4 Å². The molecule has 0 radical (unpaired) electrons. The molecule has 0 saturated heterocycles. The summed E-state index contributed by atoms with van der Waals surface area (Å²) >= 11 is 0. The van der Waals surface area contributed by atoms with Gasteiger partial charge in [0.25, 0.3) is 0 Å². The lowest BCUT2D eigenvalue weighted by molar-refractivity contribution is -0.122. The highest BCUT2D eigenvalue weighted by Crippen LogP contribution is 2.47. The van der Waals surface area contributed by atoms with Gasteiger partial charge in [-0.1, -0.05) is 12.8 Å². The zero-order valence-corrected chi connectivity index (χ0v) is 22.9. The first kappa shape index (κ1) is 33.5. The highest BCUT2D eigenvalue weighted by Gasteiger charge is 2.21. The minimum atomic E-state index is -3.39. The summed E-state index contributed by atoms with van der Waals surface area (Å²) in [5.74, 6) is -0.0393. The van der Waals surface area contributed by atoms with Crippen molar-refractivity contribution >= 4 is 13.7 Å². The topological polar surface area (TPSA) is 162 Å². The third kappa shape index (κ3) is 20.2. The molecular formula is C22H43N4O10P. The van der Waals surface area contributed by atoms with Crippen molar-refractivity contribution in [1.82, 2.24) is 20.7 Å². The fraction of sp³-hybridized carbons (Fsp3) is 0.864. The highest BCUT2D eigenvalue weighted by atomic mass is 31.2. The first-order valence-electron chi connectivity index (χ1n) is 12.5. The summed E-state index contributed by atoms with van der Waals surface area (Å²) in [4.78, 5) is 11.8. The van der Waals surface area contributed by atoms with Gasteiger partial charge in [-0.15, -0.1) is 0 Å². The number of amides is 1. The fourth-order valence-corrected chi connectivity index (χ4v) is 3.48. The molecule has 15 heteroatoms. The zero-order chi connectivity index (χ0) is 26.9. The van der Waals surface area contributed by atoms with Gasteiger partial charge in [-0.3, -0.25) is 18.4 Å². The Morgan fingerprint density at radius 2 is 1.38 bits per heavy atom. The van der Waals surface area contributed by atoms with E-state index in [9.17, 15) is 9.36 Å². The van der Waals surface area contributed by atoms with E-state index in [1.165, 1.54) is 14.2 Å². The Bertz CT molecular complexity index is 691. The van der Waals surface area contributed by atoms with Crippen molar-refractivity contribution < 1.29 is 46.6 Å². The van der Waals surface area contributed by atoms with Gasteiger partial charge in [-0.2, -0.15) is 15.4 Å². The maximum Gasteiger partial charge on any atom is 0.474 e. The molecule has 0 bridgehead atoms. The van der Waals surface area contributed by atoms with Crippen LogP contribution in [-0.2, 0) is 53.2 Å². The van der Waals surface area contributed by atoms with Crippen LogP contribution in [0.2, 0.25) is 0 Å². The second kappa shape index (κ2) is 23.6. The van der Waals surface area contributed by atoms with Crippen LogP contribution >= 0.6 is 7.82 Å². The molecule has 2 N–H and O–H groups in total. The van der Waals surface area contributed by atoms with Crippen molar-refractivity contribution in [3.63, 3.8) is 0 Å². The Hall–Kier alpha value is -1.48. The molecule has 1 rings (SSSR count). The number of hydrogen-bond donors (Lipinski definition) is 2. The number of nitrogens with one attached hydrogen (secondary N) is 2. The molecule has 0 spiro atoms. The van der Waals surface area contributed by atoms with E-state index in [1.54, 1.807) is 6.20 Å². The molecule has 14 nitrogen and oxygen atoms in total. The molecule has 0 aliphatic carbocycles. The van der Waals surface area contributed by atoms with Crippen molar-refractivity contribution in [2.75, 3.05) is 86.8 Å². The van der Waals surface area contributed by atoms with Crippen LogP contribution in [0.25, 0.3) is 0 Å². The first-order valence-corrected chi connectivity index (χ1v) is 13.9. The molecule has 37 heavy (non-hydrogen) atoms. The number of nitrogens with zero attached hydrogens (tertiary/aromatic N) is 2. The van der Waals surface area contributed by atoms with Crippen LogP contribution < -0.4 is 5.32 Å². The van der Waals surface area contributed by atoms with Crippen molar-refractivity contribution in [3.8, 4) is 0 Å². The molecule has 0 aliphatic rings. The van der Waals surface area contributed by atoms with E-state index in [-0.39, 0.29) is 5.91 Å². The molecule has 216 valence electrons. The lowest BCUT2D eigenvalue weighted by Crippen LogP contribution is -2.25. The van der Waals surface area contributed by atoms with Gasteiger partial charge in [0.15, 0.2) is 0 Å². The quantitative estimate of drug-likeness (QED) is 0.120. The normalized spacial score (nSPS) is 11.7. The van der Waals surface area contributed by atoms with E-state index in [1.807, 2.05) is 0 Å². The van der Waals surface area contributed by atoms with Gasteiger partial charge in [0, 0.05) is 27.2 Å². The van der Waals surface area contributed by atoms with Gasteiger partial charge in [-0.25, -0.2) is 4.57 Å². The third-order valence-electron chi connectivity index (χ3n) is 4.77. The number of aromatic amines is 1. The predicted molar refractivity (Wildman–Crippen MR) is 133 cm³/mol. The number of carbonyl (C=O) groups is 1. The second-order valence-corrected chi connectivity index (χ2v) is 9.51. The number of unbranched alkanes of at least 4 members (excludes halogenated alkanes) is 3. The maximum absolute atomic E-state index is 11.8. The Morgan fingerprint density at radius 1 is 0.811 bits per heavy atom. The number of aromatic nitrogens is 3. The summed E-state index contributed by atoms with van der Waals surface area (Å²) in [7, 11) is -0.818. The summed E-state index contributed by atoms with van der Waals surface area (Å²) < 4.78 is 53.2.